The Bertz CT molecular complexity index is 2770. The third-order valence-corrected chi connectivity index (χ3v) is 13.0. The van der Waals surface area contributed by atoms with Gasteiger partial charge in [-0.15, -0.1) is 0 Å². The van der Waals surface area contributed by atoms with Gasteiger partial charge in [0.25, 0.3) is 0 Å². The van der Waals surface area contributed by atoms with Crippen molar-refractivity contribution < 1.29 is 8.98 Å². The minimum absolute atomic E-state index is 0.830. The highest BCUT2D eigenvalue weighted by atomic mass is 31.2. The SMILES string of the molecule is O=P1(c2cccc(-c3ccccc3)c2)c2ccccc2-c2c(n(-c3ccc4oc5ccccc5c4c3)c3ccccc23)-c2ccccc21. The van der Waals surface area contributed by atoms with Gasteiger partial charge in [0, 0.05) is 48.9 Å². The van der Waals surface area contributed by atoms with Crippen LogP contribution in [0.25, 0.3) is 72.0 Å². The van der Waals surface area contributed by atoms with Gasteiger partial charge in [0.2, 0.25) is 0 Å². The van der Waals surface area contributed by atoms with Gasteiger partial charge in [-0.3, -0.25) is 0 Å². The lowest BCUT2D eigenvalue weighted by atomic mass is 9.98. The van der Waals surface area contributed by atoms with E-state index < -0.39 is 7.14 Å². The van der Waals surface area contributed by atoms with Gasteiger partial charge in [0.05, 0.1) is 11.2 Å². The molecule has 0 radical (unpaired) electrons. The second kappa shape index (κ2) is 10.3. The van der Waals surface area contributed by atoms with Gasteiger partial charge in [-0.1, -0.05) is 133 Å². The van der Waals surface area contributed by atoms with Crippen LogP contribution in [0.2, 0.25) is 0 Å². The van der Waals surface area contributed by atoms with E-state index in [1.807, 2.05) is 54.6 Å². The van der Waals surface area contributed by atoms with E-state index in [1.54, 1.807) is 0 Å². The molecule has 0 saturated carbocycles. The zero-order valence-electron chi connectivity index (χ0n) is 25.9. The van der Waals surface area contributed by atoms with Crippen molar-refractivity contribution in [2.24, 2.45) is 0 Å². The Balaban J connectivity index is 1.32. The van der Waals surface area contributed by atoms with Crippen LogP contribution in [0.3, 0.4) is 0 Å². The summed E-state index contributed by atoms with van der Waals surface area (Å²) in [6.07, 6.45) is 0. The van der Waals surface area contributed by atoms with Gasteiger partial charge in [0.1, 0.15) is 11.2 Å². The number of furan rings is 1. The summed E-state index contributed by atoms with van der Waals surface area (Å²) in [5.41, 5.74) is 10.1. The number of benzene rings is 7. The Morgan fingerprint density at radius 1 is 0.479 bits per heavy atom. The summed E-state index contributed by atoms with van der Waals surface area (Å²) >= 11 is 0. The topological polar surface area (TPSA) is 35.1 Å². The summed E-state index contributed by atoms with van der Waals surface area (Å²) in [6, 6.07) is 58.5. The number of rotatable bonds is 3. The minimum atomic E-state index is -3.37. The molecule has 4 heteroatoms. The first-order valence-electron chi connectivity index (χ1n) is 16.2. The zero-order chi connectivity index (χ0) is 31.8. The normalized spacial score (nSPS) is 15.2. The molecule has 9 aromatic rings. The van der Waals surface area contributed by atoms with E-state index in [1.165, 1.54) is 0 Å². The highest BCUT2D eigenvalue weighted by Crippen LogP contribution is 2.54. The molecule has 0 fully saturated rings. The quantitative estimate of drug-likeness (QED) is 0.182. The molecule has 0 bridgehead atoms. The lowest BCUT2D eigenvalue weighted by molar-refractivity contribution is 0.592. The molecule has 2 aromatic heterocycles. The molecule has 1 atom stereocenters. The first kappa shape index (κ1) is 27.2. The summed E-state index contributed by atoms with van der Waals surface area (Å²) in [6.45, 7) is 0. The van der Waals surface area contributed by atoms with Crippen molar-refractivity contribution in [3.8, 4) is 39.2 Å². The van der Waals surface area contributed by atoms with Crippen LogP contribution >= 0.6 is 7.14 Å². The fourth-order valence-electron chi connectivity index (χ4n) is 7.72. The Morgan fingerprint density at radius 3 is 1.98 bits per heavy atom. The largest absolute Gasteiger partial charge is 0.456 e. The van der Waals surface area contributed by atoms with Crippen LogP contribution in [0.1, 0.15) is 0 Å². The number of fused-ring (bicyclic) bond motifs is 10. The van der Waals surface area contributed by atoms with Crippen molar-refractivity contribution in [1.82, 2.24) is 4.57 Å². The van der Waals surface area contributed by atoms with Crippen LogP contribution in [0.4, 0.5) is 0 Å². The molecule has 0 N–H and O–H groups in total. The fourth-order valence-corrected chi connectivity index (χ4v) is 10.8. The summed E-state index contributed by atoms with van der Waals surface area (Å²) in [7, 11) is -3.37. The lowest BCUT2D eigenvalue weighted by Gasteiger charge is -2.23. The van der Waals surface area contributed by atoms with Gasteiger partial charge >= 0.3 is 0 Å². The Morgan fingerprint density at radius 2 is 1.12 bits per heavy atom. The van der Waals surface area contributed by atoms with Crippen molar-refractivity contribution in [3.05, 3.63) is 170 Å². The molecule has 1 aliphatic rings. The molecular formula is C44H28NO2P. The van der Waals surface area contributed by atoms with Crippen LogP contribution < -0.4 is 15.9 Å². The molecule has 226 valence electrons. The Hall–Kier alpha value is -5.89. The van der Waals surface area contributed by atoms with Crippen molar-refractivity contribution in [2.75, 3.05) is 0 Å². The molecule has 3 heterocycles. The third kappa shape index (κ3) is 3.80. The highest BCUT2D eigenvalue weighted by molar-refractivity contribution is 7.85. The maximum absolute atomic E-state index is 16.3. The van der Waals surface area contributed by atoms with E-state index in [4.69, 9.17) is 4.42 Å². The number of hydrogen-bond acceptors (Lipinski definition) is 2. The summed E-state index contributed by atoms with van der Waals surface area (Å²) in [5.74, 6) is 0. The van der Waals surface area contributed by atoms with Crippen LogP contribution in [0, 0.1) is 0 Å². The maximum atomic E-state index is 16.3. The molecule has 0 saturated heterocycles. The van der Waals surface area contributed by atoms with Gasteiger partial charge in [-0.05, 0) is 53.1 Å². The molecule has 0 amide bonds. The molecule has 0 spiro atoms. The Labute approximate surface area is 277 Å². The van der Waals surface area contributed by atoms with E-state index in [9.17, 15) is 0 Å². The van der Waals surface area contributed by atoms with Crippen molar-refractivity contribution in [3.63, 3.8) is 0 Å². The van der Waals surface area contributed by atoms with Crippen LogP contribution in [0.15, 0.2) is 174 Å². The molecule has 10 rings (SSSR count). The highest BCUT2D eigenvalue weighted by Gasteiger charge is 2.40. The minimum Gasteiger partial charge on any atom is -0.456 e. The second-order valence-corrected chi connectivity index (χ2v) is 15.1. The molecule has 7 aromatic carbocycles. The van der Waals surface area contributed by atoms with Gasteiger partial charge in [-0.25, -0.2) is 0 Å². The van der Waals surface area contributed by atoms with E-state index in [0.717, 1.165) is 88.0 Å². The van der Waals surface area contributed by atoms with E-state index in [0.29, 0.717) is 0 Å². The first-order valence-corrected chi connectivity index (χ1v) is 17.9. The van der Waals surface area contributed by atoms with Crippen LogP contribution in [-0.4, -0.2) is 4.57 Å². The second-order valence-electron chi connectivity index (χ2n) is 12.4. The molecule has 48 heavy (non-hydrogen) atoms. The summed E-state index contributed by atoms with van der Waals surface area (Å²) in [5, 5.41) is 5.82. The fraction of sp³-hybridized carbons (Fsp3) is 0. The zero-order valence-corrected chi connectivity index (χ0v) is 26.8. The van der Waals surface area contributed by atoms with E-state index in [-0.39, 0.29) is 0 Å². The van der Waals surface area contributed by atoms with Crippen molar-refractivity contribution in [2.45, 2.75) is 0 Å². The third-order valence-electron chi connectivity index (χ3n) is 9.82. The monoisotopic (exact) mass is 633 g/mol. The lowest BCUT2D eigenvalue weighted by Crippen LogP contribution is -2.26. The van der Waals surface area contributed by atoms with E-state index in [2.05, 4.69) is 120 Å². The van der Waals surface area contributed by atoms with Gasteiger partial charge in [-0.2, -0.15) is 0 Å². The number of hydrogen-bond donors (Lipinski definition) is 0. The predicted molar refractivity (Wildman–Crippen MR) is 200 cm³/mol. The first-order chi connectivity index (χ1) is 23.7. The van der Waals surface area contributed by atoms with Crippen LogP contribution in [0.5, 0.6) is 0 Å². The molecule has 1 aliphatic heterocycles. The smallest absolute Gasteiger partial charge is 0.172 e. The van der Waals surface area contributed by atoms with Crippen molar-refractivity contribution >= 4 is 55.9 Å². The summed E-state index contributed by atoms with van der Waals surface area (Å²) < 4.78 is 24.9. The number of nitrogens with zero attached hydrogens (tertiary/aromatic N) is 1. The maximum Gasteiger partial charge on any atom is 0.172 e. The Kier molecular flexibility index (Phi) is 5.85. The number of para-hydroxylation sites is 2. The molecule has 3 nitrogen and oxygen atoms in total. The van der Waals surface area contributed by atoms with Crippen molar-refractivity contribution in [1.29, 1.82) is 0 Å². The average molecular weight is 634 g/mol. The molecule has 0 aliphatic carbocycles. The summed E-state index contributed by atoms with van der Waals surface area (Å²) in [4.78, 5) is 0. The van der Waals surface area contributed by atoms with Crippen LogP contribution in [-0.2, 0) is 4.57 Å². The average Bonchev–Trinajstić information content (AvgIpc) is 3.68. The van der Waals surface area contributed by atoms with Gasteiger partial charge < -0.3 is 13.5 Å². The molecular weight excluding hydrogens is 605 g/mol. The van der Waals surface area contributed by atoms with E-state index >= 15 is 4.57 Å². The standard InChI is InChI=1S/C44H28NO2P/c46-48(32-16-12-15-30(27-32)29-13-2-1-3-14-29)41-23-10-6-19-35(41)43-34-18-4-8-21-38(34)45(44(43)36-20-7-11-24-42(36)48)31-25-26-40-37(28-31)33-17-5-9-22-39(33)47-40/h1-28H. The van der Waals surface area contributed by atoms with Gasteiger partial charge in [0.15, 0.2) is 7.14 Å². The number of aromatic nitrogens is 1. The predicted octanol–water partition coefficient (Wildman–Crippen LogP) is 10.5. The molecule has 1 unspecified atom stereocenters.